The first-order chi connectivity index (χ1) is 11.2. The summed E-state index contributed by atoms with van der Waals surface area (Å²) in [7, 11) is 1.65. The Morgan fingerprint density at radius 2 is 2.29 bits per heavy atom. The number of anilines is 1. The molecule has 1 aromatic rings. The minimum Gasteiger partial charge on any atom is -0.383 e. The molecule has 1 saturated heterocycles. The number of hydrogen-bond acceptors (Lipinski definition) is 6. The highest BCUT2D eigenvalue weighted by atomic mass is 35.5. The van der Waals surface area contributed by atoms with Gasteiger partial charge in [-0.25, -0.2) is 4.98 Å². The van der Waals surface area contributed by atoms with Crippen molar-refractivity contribution in [2.24, 2.45) is 11.7 Å². The van der Waals surface area contributed by atoms with E-state index >= 15 is 0 Å². The summed E-state index contributed by atoms with van der Waals surface area (Å²) in [5.41, 5.74) is 5.73. The van der Waals surface area contributed by atoms with Crippen LogP contribution in [0.2, 0.25) is 0 Å². The lowest BCUT2D eigenvalue weighted by Crippen LogP contribution is -2.47. The molecule has 2 heterocycles. The number of ether oxygens (including phenoxy) is 1. The van der Waals surface area contributed by atoms with Gasteiger partial charge in [-0.1, -0.05) is 12.8 Å². The number of nitrogens with one attached hydrogen (secondary N) is 1. The van der Waals surface area contributed by atoms with Crippen molar-refractivity contribution in [3.8, 4) is 0 Å². The van der Waals surface area contributed by atoms with E-state index < -0.39 is 0 Å². The van der Waals surface area contributed by atoms with Crippen LogP contribution in [-0.4, -0.2) is 43.2 Å². The van der Waals surface area contributed by atoms with Gasteiger partial charge in [-0.05, 0) is 25.2 Å². The number of carbonyl (C=O) groups excluding carboxylic acids is 1. The molecule has 1 amide bonds. The van der Waals surface area contributed by atoms with Gasteiger partial charge in [0.25, 0.3) is 0 Å². The summed E-state index contributed by atoms with van der Waals surface area (Å²) in [5, 5.41) is 3.95. The van der Waals surface area contributed by atoms with E-state index in [1.165, 1.54) is 19.3 Å². The van der Waals surface area contributed by atoms with Crippen molar-refractivity contribution >= 4 is 34.8 Å². The number of rotatable bonds is 6. The van der Waals surface area contributed by atoms with Crippen molar-refractivity contribution in [2.45, 2.75) is 50.7 Å². The monoisotopic (exact) mass is 374 g/mol. The maximum Gasteiger partial charge on any atom is 0.242 e. The highest BCUT2D eigenvalue weighted by Gasteiger charge is 2.46. The van der Waals surface area contributed by atoms with Crippen molar-refractivity contribution < 1.29 is 9.53 Å². The molecule has 0 spiro atoms. The summed E-state index contributed by atoms with van der Waals surface area (Å²) < 4.78 is 5.03. The van der Waals surface area contributed by atoms with Crippen LogP contribution in [0.15, 0.2) is 6.20 Å². The first kappa shape index (κ1) is 19.4. The summed E-state index contributed by atoms with van der Waals surface area (Å²) in [5.74, 6) is 0.702. The molecule has 1 aliphatic heterocycles. The Bertz CT molecular complexity index is 542. The fourth-order valence-electron chi connectivity index (χ4n) is 3.87. The summed E-state index contributed by atoms with van der Waals surface area (Å²) in [4.78, 5) is 20.6. The van der Waals surface area contributed by atoms with E-state index in [1.54, 1.807) is 18.4 Å². The Hall–Kier alpha value is -0.890. The highest BCUT2D eigenvalue weighted by molar-refractivity contribution is 7.15. The molecule has 0 bridgehead atoms. The lowest BCUT2D eigenvalue weighted by atomic mass is 9.85. The molecular formula is C16H27ClN4O2S. The largest absolute Gasteiger partial charge is 0.383 e. The number of aromatic nitrogens is 1. The second kappa shape index (κ2) is 8.99. The van der Waals surface area contributed by atoms with Crippen LogP contribution in [0.3, 0.4) is 0 Å². The van der Waals surface area contributed by atoms with Crippen LogP contribution in [0, 0.1) is 5.92 Å². The minimum atomic E-state index is -0.114. The van der Waals surface area contributed by atoms with E-state index in [-0.39, 0.29) is 24.4 Å². The third kappa shape index (κ3) is 4.02. The van der Waals surface area contributed by atoms with E-state index in [9.17, 15) is 4.79 Å². The fourth-order valence-corrected chi connectivity index (χ4v) is 4.77. The van der Waals surface area contributed by atoms with E-state index in [4.69, 9.17) is 10.5 Å². The Kier molecular flexibility index (Phi) is 7.28. The number of amides is 1. The number of nitrogens with zero attached hydrogens (tertiary/aromatic N) is 2. The number of hydrogen-bond donors (Lipinski definition) is 2. The maximum atomic E-state index is 12.7. The molecule has 0 unspecified atom stereocenters. The Morgan fingerprint density at radius 3 is 3.00 bits per heavy atom. The zero-order chi connectivity index (χ0) is 16.2. The molecule has 0 aromatic carbocycles. The first-order valence-electron chi connectivity index (χ1n) is 8.44. The van der Waals surface area contributed by atoms with E-state index in [1.807, 2.05) is 6.20 Å². The standard InChI is InChI=1S/C16H26N4O2S.ClH/c1-22-7-6-18-15(21)14-8-11-4-2-3-5-13(11)20(14)16-19-10-12(9-17)23-16;/h10-11,13-14H,2-9,17H2,1H3,(H,18,21);1H/t11-,13-,14-;/m0./s1. The molecule has 2 aliphatic rings. The molecule has 3 rings (SSSR count). The van der Waals surface area contributed by atoms with Gasteiger partial charge in [0.15, 0.2) is 5.13 Å². The lowest BCUT2D eigenvalue weighted by molar-refractivity contribution is -0.122. The summed E-state index contributed by atoms with van der Waals surface area (Å²) in [6, 6.07) is 0.329. The number of thiazole rings is 1. The lowest BCUT2D eigenvalue weighted by Gasteiger charge is -2.33. The number of fused-ring (bicyclic) bond motifs is 1. The Balaban J connectivity index is 0.00000208. The second-order valence-corrected chi connectivity index (χ2v) is 7.46. The zero-order valence-corrected chi connectivity index (χ0v) is 15.7. The number of nitrogens with two attached hydrogens (primary N) is 1. The molecule has 3 atom stereocenters. The van der Waals surface area contributed by atoms with Crippen molar-refractivity contribution in [2.75, 3.05) is 25.2 Å². The van der Waals surface area contributed by atoms with Crippen LogP contribution in [0.5, 0.6) is 0 Å². The molecule has 0 radical (unpaired) electrons. The van der Waals surface area contributed by atoms with Gasteiger partial charge in [0.05, 0.1) is 6.61 Å². The van der Waals surface area contributed by atoms with Crippen LogP contribution in [0.25, 0.3) is 0 Å². The fraction of sp³-hybridized carbons (Fsp3) is 0.750. The topological polar surface area (TPSA) is 80.5 Å². The van der Waals surface area contributed by atoms with E-state index in [0.29, 0.717) is 31.7 Å². The van der Waals surface area contributed by atoms with Crippen LogP contribution < -0.4 is 16.0 Å². The summed E-state index contributed by atoms with van der Waals surface area (Å²) in [6.07, 6.45) is 7.67. The van der Waals surface area contributed by atoms with E-state index in [0.717, 1.165) is 22.9 Å². The third-order valence-corrected chi connectivity index (χ3v) is 5.99. The van der Waals surface area contributed by atoms with Gasteiger partial charge in [0.2, 0.25) is 5.91 Å². The van der Waals surface area contributed by atoms with Crippen LogP contribution >= 0.6 is 23.7 Å². The summed E-state index contributed by atoms with van der Waals surface area (Å²) in [6.45, 7) is 1.60. The van der Waals surface area contributed by atoms with Gasteiger partial charge in [0.1, 0.15) is 6.04 Å². The van der Waals surface area contributed by atoms with Crippen molar-refractivity contribution in [1.82, 2.24) is 10.3 Å². The molecule has 1 aliphatic carbocycles. The zero-order valence-electron chi connectivity index (χ0n) is 14.1. The maximum absolute atomic E-state index is 12.7. The molecule has 1 aromatic heterocycles. The molecule has 2 fully saturated rings. The Morgan fingerprint density at radius 1 is 1.50 bits per heavy atom. The van der Waals surface area contributed by atoms with Gasteiger partial charge in [-0.2, -0.15) is 0 Å². The van der Waals surface area contributed by atoms with Gasteiger partial charge in [-0.3, -0.25) is 4.79 Å². The second-order valence-electron chi connectivity index (χ2n) is 6.37. The third-order valence-electron chi connectivity index (χ3n) is 4.96. The highest BCUT2D eigenvalue weighted by Crippen LogP contribution is 2.43. The van der Waals surface area contributed by atoms with Crippen LogP contribution in [0.1, 0.15) is 37.0 Å². The molecule has 8 heteroatoms. The summed E-state index contributed by atoms with van der Waals surface area (Å²) >= 11 is 1.62. The number of methoxy groups -OCH3 is 1. The van der Waals surface area contributed by atoms with Gasteiger partial charge < -0.3 is 20.7 Å². The SMILES string of the molecule is COCCNC(=O)[C@@H]1C[C@@H]2CCCC[C@@H]2N1c1ncc(CN)s1.Cl. The van der Waals surface area contributed by atoms with E-state index in [2.05, 4.69) is 15.2 Å². The van der Waals surface area contributed by atoms with Gasteiger partial charge in [-0.15, -0.1) is 23.7 Å². The van der Waals surface area contributed by atoms with Crippen LogP contribution in [-0.2, 0) is 16.1 Å². The Labute approximate surface area is 153 Å². The molecular weight excluding hydrogens is 348 g/mol. The molecule has 3 N–H and O–H groups in total. The predicted octanol–water partition coefficient (Wildman–Crippen LogP) is 1.92. The molecule has 24 heavy (non-hydrogen) atoms. The van der Waals surface area contributed by atoms with Crippen molar-refractivity contribution in [3.05, 3.63) is 11.1 Å². The van der Waals surface area contributed by atoms with Gasteiger partial charge >= 0.3 is 0 Å². The average molecular weight is 375 g/mol. The van der Waals surface area contributed by atoms with Gasteiger partial charge in [0, 0.05) is 37.3 Å². The minimum absolute atomic E-state index is 0. The quantitative estimate of drug-likeness (QED) is 0.743. The average Bonchev–Trinajstić information content (AvgIpc) is 3.18. The molecule has 136 valence electrons. The number of halogens is 1. The van der Waals surface area contributed by atoms with Crippen LogP contribution in [0.4, 0.5) is 5.13 Å². The molecule has 1 saturated carbocycles. The smallest absolute Gasteiger partial charge is 0.242 e. The first-order valence-corrected chi connectivity index (χ1v) is 9.26. The van der Waals surface area contributed by atoms with Crippen molar-refractivity contribution in [3.63, 3.8) is 0 Å². The number of carbonyl (C=O) groups is 1. The normalized spacial score (nSPS) is 25.9. The molecule has 6 nitrogen and oxygen atoms in total. The predicted molar refractivity (Wildman–Crippen MR) is 98.8 cm³/mol. The van der Waals surface area contributed by atoms with Crippen molar-refractivity contribution in [1.29, 1.82) is 0 Å².